The van der Waals surface area contributed by atoms with Gasteiger partial charge in [0.05, 0.1) is 0 Å². The first kappa shape index (κ1) is 18.0. The van der Waals surface area contributed by atoms with Crippen LogP contribution in [0.1, 0.15) is 32.7 Å². The second-order valence-electron chi connectivity index (χ2n) is 5.38. The van der Waals surface area contributed by atoms with Gasteiger partial charge in [-0.15, -0.1) is 0 Å². The Labute approximate surface area is 145 Å². The van der Waals surface area contributed by atoms with E-state index < -0.39 is 0 Å². The van der Waals surface area contributed by atoms with Crippen molar-refractivity contribution in [3.05, 3.63) is 64.2 Å². The summed E-state index contributed by atoms with van der Waals surface area (Å²) in [6.45, 7) is 2.32. The second kappa shape index (κ2) is 8.47. The molecule has 3 N–H and O–H groups in total. The molecule has 5 nitrogen and oxygen atoms in total. The molecule has 0 atom stereocenters. The first-order valence-corrected chi connectivity index (χ1v) is 7.95. The predicted octanol–water partition coefficient (Wildman–Crippen LogP) is 3.01. The number of hydrogen-bond acceptors (Lipinski definition) is 3. The molecule has 0 saturated heterocycles. The lowest BCUT2D eigenvalue weighted by atomic mass is 10.1. The van der Waals surface area contributed by atoms with Gasteiger partial charge in [0.25, 0.3) is 11.8 Å². The molecule has 0 heterocycles. The average molecular weight is 347 g/mol. The minimum Gasteiger partial charge on any atom is -0.396 e. The van der Waals surface area contributed by atoms with Crippen molar-refractivity contribution in [1.29, 1.82) is 0 Å². The fourth-order valence-corrected chi connectivity index (χ4v) is 2.45. The number of benzene rings is 2. The standard InChI is InChI=1S/C18H19ClN2O3/c1-12-9-14(11-15(19)10-12)18(24)21-16-5-3-13(4-6-16)17(23)20-7-2-8-22/h3-6,9-11,22H,2,7-8H2,1H3,(H,20,23)(H,21,24). The number of aliphatic hydroxyl groups is 1. The summed E-state index contributed by atoms with van der Waals surface area (Å²) in [5, 5.41) is 14.7. The lowest BCUT2D eigenvalue weighted by molar-refractivity contribution is 0.0950. The van der Waals surface area contributed by atoms with Crippen molar-refractivity contribution >= 4 is 29.1 Å². The van der Waals surface area contributed by atoms with E-state index >= 15 is 0 Å². The maximum atomic E-state index is 12.2. The molecule has 24 heavy (non-hydrogen) atoms. The number of halogens is 1. The van der Waals surface area contributed by atoms with E-state index in [1.54, 1.807) is 42.5 Å². The summed E-state index contributed by atoms with van der Waals surface area (Å²) in [7, 11) is 0. The molecule has 0 radical (unpaired) electrons. The van der Waals surface area contributed by atoms with Crippen LogP contribution in [0.2, 0.25) is 5.02 Å². The molecule has 0 aromatic heterocycles. The first-order chi connectivity index (χ1) is 11.5. The van der Waals surface area contributed by atoms with Crippen molar-refractivity contribution < 1.29 is 14.7 Å². The Hall–Kier alpha value is -2.37. The van der Waals surface area contributed by atoms with Gasteiger partial charge < -0.3 is 15.7 Å². The number of amides is 2. The average Bonchev–Trinajstić information content (AvgIpc) is 2.54. The largest absolute Gasteiger partial charge is 0.396 e. The van der Waals surface area contributed by atoms with Crippen LogP contribution < -0.4 is 10.6 Å². The highest BCUT2D eigenvalue weighted by atomic mass is 35.5. The Morgan fingerprint density at radius 1 is 1.04 bits per heavy atom. The molecule has 0 bridgehead atoms. The van der Waals surface area contributed by atoms with E-state index in [-0.39, 0.29) is 18.4 Å². The van der Waals surface area contributed by atoms with Crippen LogP contribution in [0.25, 0.3) is 0 Å². The topological polar surface area (TPSA) is 78.4 Å². The Balaban J connectivity index is 2.00. The molecule has 126 valence electrons. The Morgan fingerprint density at radius 2 is 1.75 bits per heavy atom. The fourth-order valence-electron chi connectivity index (χ4n) is 2.16. The first-order valence-electron chi connectivity index (χ1n) is 7.57. The van der Waals surface area contributed by atoms with Gasteiger partial charge in [0.1, 0.15) is 0 Å². The molecule has 2 aromatic carbocycles. The van der Waals surface area contributed by atoms with Crippen LogP contribution in [-0.4, -0.2) is 30.1 Å². The summed E-state index contributed by atoms with van der Waals surface area (Å²) >= 11 is 5.96. The zero-order valence-electron chi connectivity index (χ0n) is 13.3. The van der Waals surface area contributed by atoms with Gasteiger partial charge in [-0.3, -0.25) is 9.59 Å². The Bertz CT molecular complexity index is 709. The van der Waals surface area contributed by atoms with Crippen LogP contribution in [-0.2, 0) is 0 Å². The van der Waals surface area contributed by atoms with E-state index in [9.17, 15) is 9.59 Å². The third-order valence-electron chi connectivity index (χ3n) is 3.33. The molecule has 0 aliphatic heterocycles. The van der Waals surface area contributed by atoms with E-state index in [1.807, 2.05) is 6.92 Å². The molecule has 0 aliphatic rings. The van der Waals surface area contributed by atoms with Crippen LogP contribution >= 0.6 is 11.6 Å². The molecule has 2 aromatic rings. The maximum absolute atomic E-state index is 12.2. The zero-order chi connectivity index (χ0) is 17.5. The molecule has 0 fully saturated rings. The van der Waals surface area contributed by atoms with Crippen molar-refractivity contribution in [3.8, 4) is 0 Å². The van der Waals surface area contributed by atoms with E-state index in [0.29, 0.717) is 34.8 Å². The number of hydrogen-bond donors (Lipinski definition) is 3. The van der Waals surface area contributed by atoms with Gasteiger partial charge in [-0.05, 0) is 61.4 Å². The molecular formula is C18H19ClN2O3. The van der Waals surface area contributed by atoms with Crippen LogP contribution in [0.5, 0.6) is 0 Å². The normalized spacial score (nSPS) is 10.3. The summed E-state index contributed by atoms with van der Waals surface area (Å²) in [6, 6.07) is 11.7. The minimum absolute atomic E-state index is 0.0359. The Morgan fingerprint density at radius 3 is 2.38 bits per heavy atom. The highest BCUT2D eigenvalue weighted by Crippen LogP contribution is 2.17. The van der Waals surface area contributed by atoms with Gasteiger partial charge in [-0.2, -0.15) is 0 Å². The molecule has 0 spiro atoms. The number of aliphatic hydroxyl groups excluding tert-OH is 1. The minimum atomic E-state index is -0.263. The monoisotopic (exact) mass is 346 g/mol. The van der Waals surface area contributed by atoms with Crippen LogP contribution in [0, 0.1) is 6.92 Å². The van der Waals surface area contributed by atoms with Gasteiger partial charge in [-0.25, -0.2) is 0 Å². The molecular weight excluding hydrogens is 328 g/mol. The second-order valence-corrected chi connectivity index (χ2v) is 5.82. The highest BCUT2D eigenvalue weighted by Gasteiger charge is 2.09. The summed E-state index contributed by atoms with van der Waals surface area (Å²) < 4.78 is 0. The maximum Gasteiger partial charge on any atom is 0.255 e. The number of carbonyl (C=O) groups excluding carboxylic acids is 2. The van der Waals surface area contributed by atoms with Crippen LogP contribution in [0.4, 0.5) is 5.69 Å². The number of rotatable bonds is 6. The highest BCUT2D eigenvalue weighted by molar-refractivity contribution is 6.31. The van der Waals surface area contributed by atoms with E-state index in [4.69, 9.17) is 16.7 Å². The SMILES string of the molecule is Cc1cc(Cl)cc(C(=O)Nc2ccc(C(=O)NCCCO)cc2)c1. The lowest BCUT2D eigenvalue weighted by Gasteiger charge is -2.08. The van der Waals surface area contributed by atoms with Gasteiger partial charge in [0, 0.05) is 35.0 Å². The smallest absolute Gasteiger partial charge is 0.255 e. The number of anilines is 1. The molecule has 0 saturated carbocycles. The third kappa shape index (κ3) is 5.08. The van der Waals surface area contributed by atoms with Crippen molar-refractivity contribution in [2.24, 2.45) is 0 Å². The van der Waals surface area contributed by atoms with Crippen LogP contribution in [0.15, 0.2) is 42.5 Å². The molecule has 6 heteroatoms. The summed E-state index contributed by atoms with van der Waals surface area (Å²) in [5.41, 5.74) is 2.46. The summed E-state index contributed by atoms with van der Waals surface area (Å²) in [5.74, 6) is -0.479. The number of nitrogens with one attached hydrogen (secondary N) is 2. The Kier molecular flexibility index (Phi) is 6.35. The summed E-state index contributed by atoms with van der Waals surface area (Å²) in [6.07, 6.45) is 0.513. The van der Waals surface area contributed by atoms with Crippen LogP contribution in [0.3, 0.4) is 0 Å². The molecule has 2 rings (SSSR count). The lowest BCUT2D eigenvalue weighted by Crippen LogP contribution is -2.25. The zero-order valence-corrected chi connectivity index (χ0v) is 14.1. The fraction of sp³-hybridized carbons (Fsp3) is 0.222. The van der Waals surface area contributed by atoms with Gasteiger partial charge in [-0.1, -0.05) is 11.6 Å². The molecule has 0 unspecified atom stereocenters. The van der Waals surface area contributed by atoms with Gasteiger partial charge in [0.2, 0.25) is 0 Å². The quantitative estimate of drug-likeness (QED) is 0.703. The summed E-state index contributed by atoms with van der Waals surface area (Å²) in [4.78, 5) is 24.1. The van der Waals surface area contributed by atoms with Gasteiger partial charge in [0.15, 0.2) is 0 Å². The van der Waals surface area contributed by atoms with Crippen molar-refractivity contribution in [2.45, 2.75) is 13.3 Å². The van der Waals surface area contributed by atoms with Gasteiger partial charge >= 0.3 is 0 Å². The van der Waals surface area contributed by atoms with Crippen molar-refractivity contribution in [1.82, 2.24) is 5.32 Å². The van der Waals surface area contributed by atoms with E-state index in [1.165, 1.54) is 0 Å². The van der Waals surface area contributed by atoms with E-state index in [0.717, 1.165) is 5.56 Å². The predicted molar refractivity (Wildman–Crippen MR) is 94.6 cm³/mol. The number of aryl methyl sites for hydroxylation is 1. The third-order valence-corrected chi connectivity index (χ3v) is 3.55. The van der Waals surface area contributed by atoms with E-state index in [2.05, 4.69) is 10.6 Å². The molecule has 2 amide bonds. The van der Waals surface area contributed by atoms with Crippen molar-refractivity contribution in [3.63, 3.8) is 0 Å². The van der Waals surface area contributed by atoms with Crippen molar-refractivity contribution in [2.75, 3.05) is 18.5 Å². The molecule has 0 aliphatic carbocycles. The number of carbonyl (C=O) groups is 2.